The molecule has 0 aliphatic heterocycles. The van der Waals surface area contributed by atoms with Gasteiger partial charge in [0.1, 0.15) is 23.0 Å². The number of nitrogens with one attached hydrogen (secondary N) is 2. The Bertz CT molecular complexity index is 1200. The second-order valence-corrected chi connectivity index (χ2v) is 6.26. The maximum Gasteiger partial charge on any atom is 0.283 e. The molecule has 0 unspecified atom stereocenters. The Morgan fingerprint density at radius 2 is 2.07 bits per heavy atom. The van der Waals surface area contributed by atoms with Crippen LogP contribution in [0, 0.1) is 5.82 Å². The Kier molecular flexibility index (Phi) is 3.94. The third-order valence-corrected chi connectivity index (χ3v) is 4.21. The molecule has 0 amide bonds. The number of aromatic amines is 1. The minimum atomic E-state index is -0.595. The summed E-state index contributed by atoms with van der Waals surface area (Å²) < 4.78 is 15.5. The van der Waals surface area contributed by atoms with Gasteiger partial charge in [-0.1, -0.05) is 6.07 Å². The third-order valence-electron chi connectivity index (χ3n) is 4.21. The standard InChI is InChI=1S/C17H17FN8O/c1-9(23-15-13-14(20-7-19-13)21-8-22-15)16-24-11-6-4-5-10(18)12(11)17(27)26(16)25(2)3/h4-9H,1-3H3,(H2,19,20,21,22,23)/t9-/m0/s1. The molecule has 1 atom stereocenters. The van der Waals surface area contributed by atoms with Crippen LogP contribution in [0.25, 0.3) is 22.1 Å². The summed E-state index contributed by atoms with van der Waals surface area (Å²) in [5, 5.41) is 4.75. The zero-order valence-corrected chi connectivity index (χ0v) is 14.9. The number of hydrogen-bond donors (Lipinski definition) is 2. The third kappa shape index (κ3) is 2.75. The summed E-state index contributed by atoms with van der Waals surface area (Å²) in [6, 6.07) is 4.00. The molecule has 0 aliphatic rings. The van der Waals surface area contributed by atoms with Gasteiger partial charge in [0, 0.05) is 14.1 Å². The Morgan fingerprint density at radius 1 is 1.26 bits per heavy atom. The molecular weight excluding hydrogens is 351 g/mol. The van der Waals surface area contributed by atoms with Crippen LogP contribution < -0.4 is 15.9 Å². The van der Waals surface area contributed by atoms with Crippen LogP contribution in [0.4, 0.5) is 10.2 Å². The maximum atomic E-state index is 14.2. The first kappa shape index (κ1) is 16.9. The summed E-state index contributed by atoms with van der Waals surface area (Å²) >= 11 is 0. The van der Waals surface area contributed by atoms with E-state index >= 15 is 0 Å². The topological polar surface area (TPSA) is 105 Å². The van der Waals surface area contributed by atoms with Crippen LogP contribution in [0.1, 0.15) is 18.8 Å². The highest BCUT2D eigenvalue weighted by Crippen LogP contribution is 2.22. The first-order chi connectivity index (χ1) is 13.0. The van der Waals surface area contributed by atoms with Gasteiger partial charge in [-0.15, -0.1) is 0 Å². The quantitative estimate of drug-likeness (QED) is 0.563. The van der Waals surface area contributed by atoms with Gasteiger partial charge in [0.15, 0.2) is 17.3 Å². The summed E-state index contributed by atoms with van der Waals surface area (Å²) in [7, 11) is 3.40. The number of halogens is 1. The van der Waals surface area contributed by atoms with Gasteiger partial charge in [0.05, 0.1) is 17.9 Å². The van der Waals surface area contributed by atoms with E-state index in [-0.39, 0.29) is 5.39 Å². The number of aromatic nitrogens is 6. The molecule has 1 aromatic carbocycles. The molecule has 0 radical (unpaired) electrons. The van der Waals surface area contributed by atoms with Crippen molar-refractivity contribution >= 4 is 27.9 Å². The van der Waals surface area contributed by atoms with E-state index in [9.17, 15) is 9.18 Å². The van der Waals surface area contributed by atoms with Gasteiger partial charge in [-0.25, -0.2) is 29.0 Å². The van der Waals surface area contributed by atoms with E-state index in [1.165, 1.54) is 29.5 Å². The molecule has 2 N–H and O–H groups in total. The lowest BCUT2D eigenvalue weighted by molar-refractivity contribution is 0.598. The lowest BCUT2D eigenvalue weighted by Crippen LogP contribution is -2.40. The van der Waals surface area contributed by atoms with E-state index < -0.39 is 17.4 Å². The normalized spacial score (nSPS) is 12.4. The SMILES string of the molecule is C[C@H](Nc1ncnc2nc[nH]c12)c1nc2cccc(F)c2c(=O)n1N(C)C. The van der Waals surface area contributed by atoms with Gasteiger partial charge in [-0.2, -0.15) is 0 Å². The fourth-order valence-corrected chi connectivity index (χ4v) is 3.01. The molecule has 3 heterocycles. The van der Waals surface area contributed by atoms with Gasteiger partial charge in [-0.3, -0.25) is 4.79 Å². The Morgan fingerprint density at radius 3 is 2.85 bits per heavy atom. The minimum absolute atomic E-state index is 0.0415. The second kappa shape index (κ2) is 6.31. The molecule has 0 fully saturated rings. The lowest BCUT2D eigenvalue weighted by atomic mass is 10.2. The number of hydrogen-bond acceptors (Lipinski definition) is 7. The molecule has 4 aromatic rings. The Labute approximate surface area is 152 Å². The fourth-order valence-electron chi connectivity index (χ4n) is 3.01. The van der Waals surface area contributed by atoms with E-state index in [0.29, 0.717) is 28.3 Å². The number of fused-ring (bicyclic) bond motifs is 2. The second-order valence-electron chi connectivity index (χ2n) is 6.26. The molecule has 27 heavy (non-hydrogen) atoms. The predicted molar refractivity (Wildman–Crippen MR) is 99.7 cm³/mol. The summed E-state index contributed by atoms with van der Waals surface area (Å²) in [5.74, 6) is 0.362. The zero-order chi connectivity index (χ0) is 19.1. The largest absolute Gasteiger partial charge is 0.358 e. The van der Waals surface area contributed by atoms with Crippen molar-refractivity contribution in [3.8, 4) is 0 Å². The molecule has 0 bridgehead atoms. The minimum Gasteiger partial charge on any atom is -0.358 e. The molecule has 0 saturated heterocycles. The number of nitrogens with zero attached hydrogens (tertiary/aromatic N) is 6. The molecule has 10 heteroatoms. The highest BCUT2D eigenvalue weighted by atomic mass is 19.1. The van der Waals surface area contributed by atoms with Gasteiger partial charge in [0.25, 0.3) is 5.56 Å². The Balaban J connectivity index is 1.86. The van der Waals surface area contributed by atoms with Crippen molar-refractivity contribution in [1.82, 2.24) is 29.6 Å². The molecule has 4 rings (SSSR count). The van der Waals surface area contributed by atoms with E-state index in [1.54, 1.807) is 25.2 Å². The summed E-state index contributed by atoms with van der Waals surface area (Å²) in [6.07, 6.45) is 2.93. The molecule has 3 aromatic heterocycles. The molecule has 138 valence electrons. The monoisotopic (exact) mass is 368 g/mol. The zero-order valence-electron chi connectivity index (χ0n) is 14.9. The van der Waals surface area contributed by atoms with E-state index in [2.05, 4.69) is 30.2 Å². The number of anilines is 1. The fraction of sp³-hybridized carbons (Fsp3) is 0.235. The van der Waals surface area contributed by atoms with Crippen molar-refractivity contribution in [2.75, 3.05) is 24.4 Å². The van der Waals surface area contributed by atoms with E-state index in [4.69, 9.17) is 0 Å². The van der Waals surface area contributed by atoms with Crippen molar-refractivity contribution < 1.29 is 4.39 Å². The summed E-state index contributed by atoms with van der Waals surface area (Å²) in [5.41, 5.74) is 1.01. The van der Waals surface area contributed by atoms with Crippen LogP contribution in [0.5, 0.6) is 0 Å². The highest BCUT2D eigenvalue weighted by molar-refractivity contribution is 5.82. The maximum absolute atomic E-state index is 14.2. The molecule has 0 aliphatic carbocycles. The van der Waals surface area contributed by atoms with E-state index in [1.807, 2.05) is 6.92 Å². The van der Waals surface area contributed by atoms with Gasteiger partial charge < -0.3 is 15.3 Å². The van der Waals surface area contributed by atoms with Crippen molar-refractivity contribution in [3.05, 3.63) is 52.8 Å². The van der Waals surface area contributed by atoms with Crippen LogP contribution >= 0.6 is 0 Å². The van der Waals surface area contributed by atoms with Crippen LogP contribution in [-0.4, -0.2) is 43.7 Å². The number of benzene rings is 1. The first-order valence-corrected chi connectivity index (χ1v) is 8.26. The van der Waals surface area contributed by atoms with Crippen LogP contribution in [0.15, 0.2) is 35.6 Å². The molecular formula is C17H17FN8O. The number of H-pyrrole nitrogens is 1. The van der Waals surface area contributed by atoms with E-state index in [0.717, 1.165) is 0 Å². The van der Waals surface area contributed by atoms with Gasteiger partial charge in [0.2, 0.25) is 0 Å². The first-order valence-electron chi connectivity index (χ1n) is 8.26. The van der Waals surface area contributed by atoms with Crippen LogP contribution in [0.3, 0.4) is 0 Å². The Hall–Kier alpha value is -3.56. The highest BCUT2D eigenvalue weighted by Gasteiger charge is 2.21. The average molecular weight is 368 g/mol. The smallest absolute Gasteiger partial charge is 0.283 e. The average Bonchev–Trinajstić information content (AvgIpc) is 3.10. The lowest BCUT2D eigenvalue weighted by Gasteiger charge is -2.24. The molecule has 9 nitrogen and oxygen atoms in total. The van der Waals surface area contributed by atoms with Crippen molar-refractivity contribution in [2.24, 2.45) is 0 Å². The number of imidazole rings is 1. The van der Waals surface area contributed by atoms with Gasteiger partial charge >= 0.3 is 0 Å². The predicted octanol–water partition coefficient (Wildman–Crippen LogP) is 1.57. The van der Waals surface area contributed by atoms with Crippen molar-refractivity contribution in [2.45, 2.75) is 13.0 Å². The molecule has 0 spiro atoms. The van der Waals surface area contributed by atoms with Crippen molar-refractivity contribution in [1.29, 1.82) is 0 Å². The van der Waals surface area contributed by atoms with Gasteiger partial charge in [-0.05, 0) is 19.1 Å². The van der Waals surface area contributed by atoms with Crippen LogP contribution in [-0.2, 0) is 0 Å². The van der Waals surface area contributed by atoms with Crippen LogP contribution in [0.2, 0.25) is 0 Å². The summed E-state index contributed by atoms with van der Waals surface area (Å²) in [4.78, 5) is 32.8. The summed E-state index contributed by atoms with van der Waals surface area (Å²) in [6.45, 7) is 1.84. The molecule has 0 saturated carbocycles. The number of rotatable bonds is 4. The van der Waals surface area contributed by atoms with Crippen molar-refractivity contribution in [3.63, 3.8) is 0 Å².